The summed E-state index contributed by atoms with van der Waals surface area (Å²) in [5, 5.41) is 5.89. The molecule has 3 aromatic carbocycles. The maximum atomic E-state index is 12.6. The highest BCUT2D eigenvalue weighted by atomic mass is 16.5. The van der Waals surface area contributed by atoms with E-state index >= 15 is 0 Å². The highest BCUT2D eigenvalue weighted by molar-refractivity contribution is 6.02. The smallest absolute Gasteiger partial charge is 0.339 e. The molecule has 0 saturated heterocycles. The zero-order chi connectivity index (χ0) is 21.6. The molecule has 31 heavy (non-hydrogen) atoms. The first kappa shape index (κ1) is 20.2. The third kappa shape index (κ3) is 4.56. The van der Waals surface area contributed by atoms with Gasteiger partial charge in [0, 0.05) is 0 Å². The normalized spacial score (nSPS) is 10.6. The van der Waals surface area contributed by atoms with Crippen LogP contribution in [0, 0.1) is 0 Å². The number of rotatable bonds is 7. The van der Waals surface area contributed by atoms with Gasteiger partial charge >= 0.3 is 5.97 Å². The summed E-state index contributed by atoms with van der Waals surface area (Å²) in [5.41, 5.74) is 3.65. The Labute approximate surface area is 179 Å². The number of anilines is 2. The summed E-state index contributed by atoms with van der Waals surface area (Å²) in [5.74, 6) is -0.204. The molecule has 7 nitrogen and oxygen atoms in total. The van der Waals surface area contributed by atoms with Crippen LogP contribution in [0.5, 0.6) is 0 Å². The number of ether oxygens (including phenoxy) is 1. The molecule has 4 rings (SSSR count). The van der Waals surface area contributed by atoms with Crippen LogP contribution in [-0.2, 0) is 16.1 Å². The third-order valence-corrected chi connectivity index (χ3v) is 4.85. The molecular formula is C24H22N4O3. The fourth-order valence-electron chi connectivity index (χ4n) is 3.37. The standard InChI is InChI=1S/C24H22N4O3/c1-31-23(30)18-11-5-6-12-19(18)26-22(29)15-25-24-27-20-13-7-8-14-21(20)28(24)16-17-9-3-2-4-10-17/h2-14H,15-16H2,1H3,(H,25,27)(H,26,29). The van der Waals surface area contributed by atoms with Crippen LogP contribution in [0.1, 0.15) is 15.9 Å². The van der Waals surface area contributed by atoms with Gasteiger partial charge in [-0.2, -0.15) is 0 Å². The van der Waals surface area contributed by atoms with Crippen LogP contribution >= 0.6 is 0 Å². The Morgan fingerprint density at radius 2 is 1.65 bits per heavy atom. The molecule has 0 aliphatic rings. The summed E-state index contributed by atoms with van der Waals surface area (Å²) in [4.78, 5) is 29.1. The lowest BCUT2D eigenvalue weighted by Gasteiger charge is -2.12. The van der Waals surface area contributed by atoms with Gasteiger partial charge in [-0.05, 0) is 29.8 Å². The number of carbonyl (C=O) groups is 2. The van der Waals surface area contributed by atoms with E-state index in [1.165, 1.54) is 7.11 Å². The minimum atomic E-state index is -0.506. The minimum absolute atomic E-state index is 0.00633. The van der Waals surface area contributed by atoms with Crippen LogP contribution in [0.4, 0.5) is 11.6 Å². The number of hydrogen-bond donors (Lipinski definition) is 2. The fourth-order valence-corrected chi connectivity index (χ4v) is 3.37. The molecular weight excluding hydrogens is 392 g/mol. The second-order valence-electron chi connectivity index (χ2n) is 6.93. The molecule has 1 amide bonds. The van der Waals surface area contributed by atoms with Gasteiger partial charge in [-0.25, -0.2) is 9.78 Å². The number of para-hydroxylation sites is 3. The van der Waals surface area contributed by atoms with Gasteiger partial charge in [0.05, 0.1) is 42.5 Å². The van der Waals surface area contributed by atoms with Crippen molar-refractivity contribution in [2.45, 2.75) is 6.54 Å². The molecule has 0 spiro atoms. The average molecular weight is 414 g/mol. The van der Waals surface area contributed by atoms with Gasteiger partial charge in [0.15, 0.2) is 0 Å². The molecule has 1 aromatic heterocycles. The summed E-state index contributed by atoms with van der Waals surface area (Å²) in [6.45, 7) is 0.615. The van der Waals surface area contributed by atoms with Crippen molar-refractivity contribution in [1.29, 1.82) is 0 Å². The lowest BCUT2D eigenvalue weighted by atomic mass is 10.2. The van der Waals surface area contributed by atoms with Gasteiger partial charge in [-0.3, -0.25) is 4.79 Å². The fraction of sp³-hybridized carbons (Fsp3) is 0.125. The Hall–Kier alpha value is -4.13. The highest BCUT2D eigenvalue weighted by Crippen LogP contribution is 2.21. The number of imidazole rings is 1. The summed E-state index contributed by atoms with van der Waals surface area (Å²) in [6, 6.07) is 24.6. The van der Waals surface area contributed by atoms with E-state index in [4.69, 9.17) is 4.74 Å². The monoisotopic (exact) mass is 414 g/mol. The van der Waals surface area contributed by atoms with Crippen molar-refractivity contribution in [3.8, 4) is 0 Å². The number of nitrogens with one attached hydrogen (secondary N) is 2. The number of amides is 1. The van der Waals surface area contributed by atoms with Crippen molar-refractivity contribution in [2.75, 3.05) is 24.3 Å². The van der Waals surface area contributed by atoms with Gasteiger partial charge in [0.1, 0.15) is 0 Å². The lowest BCUT2D eigenvalue weighted by Crippen LogP contribution is -2.24. The SMILES string of the molecule is COC(=O)c1ccccc1NC(=O)CNc1nc2ccccc2n1Cc1ccccc1. The lowest BCUT2D eigenvalue weighted by molar-refractivity contribution is -0.114. The van der Waals surface area contributed by atoms with E-state index in [2.05, 4.69) is 27.8 Å². The number of esters is 1. The minimum Gasteiger partial charge on any atom is -0.465 e. The van der Waals surface area contributed by atoms with Gasteiger partial charge in [0.2, 0.25) is 11.9 Å². The van der Waals surface area contributed by atoms with Crippen molar-refractivity contribution >= 4 is 34.5 Å². The zero-order valence-corrected chi connectivity index (χ0v) is 17.0. The maximum absolute atomic E-state index is 12.6. The first-order valence-electron chi connectivity index (χ1n) is 9.86. The van der Waals surface area contributed by atoms with Gasteiger partial charge in [-0.1, -0.05) is 54.6 Å². The van der Waals surface area contributed by atoms with Gasteiger partial charge in [-0.15, -0.1) is 0 Å². The van der Waals surface area contributed by atoms with Gasteiger partial charge < -0.3 is 19.9 Å². The van der Waals surface area contributed by atoms with E-state index in [9.17, 15) is 9.59 Å². The molecule has 0 bridgehead atoms. The Balaban J connectivity index is 1.52. The van der Waals surface area contributed by atoms with Crippen molar-refractivity contribution in [3.05, 3.63) is 90.0 Å². The molecule has 0 unspecified atom stereocenters. The molecule has 0 atom stereocenters. The van der Waals surface area contributed by atoms with E-state index < -0.39 is 5.97 Å². The Bertz CT molecular complexity index is 1220. The Morgan fingerprint density at radius 1 is 0.935 bits per heavy atom. The number of nitrogens with zero attached hydrogens (tertiary/aromatic N) is 2. The quantitative estimate of drug-likeness (QED) is 0.448. The predicted octanol–water partition coefficient (Wildman–Crippen LogP) is 3.92. The van der Waals surface area contributed by atoms with Crippen molar-refractivity contribution in [3.63, 3.8) is 0 Å². The first-order chi connectivity index (χ1) is 15.2. The second kappa shape index (κ2) is 9.13. The van der Waals surface area contributed by atoms with Crippen LogP contribution in [0.3, 0.4) is 0 Å². The summed E-state index contributed by atoms with van der Waals surface area (Å²) >= 11 is 0. The van der Waals surface area contributed by atoms with Crippen LogP contribution in [0.15, 0.2) is 78.9 Å². The van der Waals surface area contributed by atoms with E-state index in [0.29, 0.717) is 23.7 Å². The molecule has 1 heterocycles. The number of benzene rings is 3. The van der Waals surface area contributed by atoms with Crippen LogP contribution < -0.4 is 10.6 Å². The van der Waals surface area contributed by atoms with E-state index in [-0.39, 0.29) is 12.5 Å². The number of fused-ring (bicyclic) bond motifs is 1. The Kier molecular flexibility index (Phi) is 5.93. The topological polar surface area (TPSA) is 85.2 Å². The number of hydrogen-bond acceptors (Lipinski definition) is 5. The second-order valence-corrected chi connectivity index (χ2v) is 6.93. The number of methoxy groups -OCH3 is 1. The molecule has 0 aliphatic heterocycles. The van der Waals surface area contributed by atoms with E-state index in [1.54, 1.807) is 24.3 Å². The van der Waals surface area contributed by atoms with Crippen LogP contribution in [0.2, 0.25) is 0 Å². The highest BCUT2D eigenvalue weighted by Gasteiger charge is 2.15. The van der Waals surface area contributed by atoms with Crippen molar-refractivity contribution in [2.24, 2.45) is 0 Å². The summed E-state index contributed by atoms with van der Waals surface area (Å²) < 4.78 is 6.82. The molecule has 0 aliphatic carbocycles. The van der Waals surface area contributed by atoms with E-state index in [0.717, 1.165) is 16.6 Å². The largest absolute Gasteiger partial charge is 0.465 e. The summed E-state index contributed by atoms with van der Waals surface area (Å²) in [6.07, 6.45) is 0. The molecule has 156 valence electrons. The van der Waals surface area contributed by atoms with Crippen molar-refractivity contribution in [1.82, 2.24) is 9.55 Å². The van der Waals surface area contributed by atoms with Crippen LogP contribution in [-0.4, -0.2) is 35.1 Å². The first-order valence-corrected chi connectivity index (χ1v) is 9.86. The zero-order valence-electron chi connectivity index (χ0n) is 17.0. The number of aromatic nitrogens is 2. The molecule has 0 radical (unpaired) electrons. The molecule has 0 saturated carbocycles. The molecule has 4 aromatic rings. The summed E-state index contributed by atoms with van der Waals surface area (Å²) in [7, 11) is 1.31. The van der Waals surface area contributed by atoms with Crippen LogP contribution in [0.25, 0.3) is 11.0 Å². The number of carbonyl (C=O) groups excluding carboxylic acids is 2. The molecule has 0 fully saturated rings. The average Bonchev–Trinajstić information content (AvgIpc) is 3.15. The van der Waals surface area contributed by atoms with Gasteiger partial charge in [0.25, 0.3) is 0 Å². The van der Waals surface area contributed by atoms with E-state index in [1.807, 2.05) is 47.0 Å². The molecule has 2 N–H and O–H groups in total. The third-order valence-electron chi connectivity index (χ3n) is 4.85. The molecule has 7 heteroatoms. The predicted molar refractivity (Wildman–Crippen MR) is 120 cm³/mol. The van der Waals surface area contributed by atoms with Crippen molar-refractivity contribution < 1.29 is 14.3 Å². The Morgan fingerprint density at radius 3 is 2.45 bits per heavy atom. The maximum Gasteiger partial charge on any atom is 0.339 e.